The summed E-state index contributed by atoms with van der Waals surface area (Å²) >= 11 is 3.45. The Kier molecular flexibility index (Phi) is 3.82. The monoisotopic (exact) mass is 283 g/mol. The number of hydrogen-bond donors (Lipinski definition) is 2. The van der Waals surface area contributed by atoms with Crippen molar-refractivity contribution in [3.63, 3.8) is 0 Å². The van der Waals surface area contributed by atoms with Gasteiger partial charge in [-0.15, -0.1) is 0 Å². The second kappa shape index (κ2) is 5.15. The highest BCUT2D eigenvalue weighted by atomic mass is 79.9. The molecule has 3 N–H and O–H groups in total. The Bertz CT molecular complexity index is 367. The molecular weight excluding hydrogens is 266 g/mol. The zero-order chi connectivity index (χ0) is 11.5. The van der Waals surface area contributed by atoms with E-state index in [4.69, 9.17) is 5.73 Å². The maximum atomic E-state index is 5.96. The number of aromatic nitrogens is 1. The summed E-state index contributed by atoms with van der Waals surface area (Å²) in [5.41, 5.74) is 6.98. The highest BCUT2D eigenvalue weighted by Crippen LogP contribution is 2.22. The number of hydrogen-bond acceptors (Lipinski definition) is 3. The SMILES string of the molecule is Cc1nc(NC2CCCC(N)C2)ccc1Br. The topological polar surface area (TPSA) is 50.9 Å². The normalized spacial score (nSPS) is 25.4. The van der Waals surface area contributed by atoms with E-state index in [1.165, 1.54) is 12.8 Å². The summed E-state index contributed by atoms with van der Waals surface area (Å²) in [6.45, 7) is 2.00. The van der Waals surface area contributed by atoms with Crippen molar-refractivity contribution in [2.45, 2.75) is 44.7 Å². The lowest BCUT2D eigenvalue weighted by molar-refractivity contribution is 0.409. The number of anilines is 1. The van der Waals surface area contributed by atoms with E-state index in [0.717, 1.165) is 28.8 Å². The Morgan fingerprint density at radius 1 is 1.44 bits per heavy atom. The average Bonchev–Trinajstić information content (AvgIpc) is 2.24. The minimum Gasteiger partial charge on any atom is -0.367 e. The van der Waals surface area contributed by atoms with Gasteiger partial charge in [0.15, 0.2) is 0 Å². The van der Waals surface area contributed by atoms with Gasteiger partial charge < -0.3 is 11.1 Å². The van der Waals surface area contributed by atoms with E-state index in [0.29, 0.717) is 12.1 Å². The smallest absolute Gasteiger partial charge is 0.126 e. The number of nitrogens with one attached hydrogen (secondary N) is 1. The highest BCUT2D eigenvalue weighted by Gasteiger charge is 2.19. The first-order valence-corrected chi connectivity index (χ1v) is 6.59. The summed E-state index contributed by atoms with van der Waals surface area (Å²) in [6, 6.07) is 4.88. The van der Waals surface area contributed by atoms with Crippen LogP contribution >= 0.6 is 15.9 Å². The summed E-state index contributed by atoms with van der Waals surface area (Å²) in [5.74, 6) is 0.958. The van der Waals surface area contributed by atoms with Crippen LogP contribution in [-0.4, -0.2) is 17.1 Å². The zero-order valence-corrected chi connectivity index (χ0v) is 11.1. The maximum absolute atomic E-state index is 5.96. The quantitative estimate of drug-likeness (QED) is 0.878. The predicted molar refractivity (Wildman–Crippen MR) is 70.5 cm³/mol. The van der Waals surface area contributed by atoms with Gasteiger partial charge in [-0.25, -0.2) is 4.98 Å². The minimum atomic E-state index is 0.350. The fourth-order valence-corrected chi connectivity index (χ4v) is 2.41. The molecule has 0 bridgehead atoms. The molecule has 0 aliphatic heterocycles. The molecule has 0 saturated heterocycles. The molecule has 1 aliphatic rings. The van der Waals surface area contributed by atoms with E-state index in [-0.39, 0.29) is 0 Å². The largest absolute Gasteiger partial charge is 0.367 e. The van der Waals surface area contributed by atoms with Gasteiger partial charge in [0.2, 0.25) is 0 Å². The molecule has 0 spiro atoms. The van der Waals surface area contributed by atoms with Crippen molar-refractivity contribution in [2.75, 3.05) is 5.32 Å². The molecule has 0 amide bonds. The molecular formula is C12H18BrN3. The molecule has 1 aromatic heterocycles. The summed E-state index contributed by atoms with van der Waals surface area (Å²) in [4.78, 5) is 4.49. The summed E-state index contributed by atoms with van der Waals surface area (Å²) in [5, 5.41) is 3.47. The molecule has 2 rings (SSSR count). The number of nitrogens with two attached hydrogens (primary N) is 1. The molecule has 4 heteroatoms. The van der Waals surface area contributed by atoms with Crippen LogP contribution in [0.2, 0.25) is 0 Å². The van der Waals surface area contributed by atoms with Crippen LogP contribution in [0.3, 0.4) is 0 Å². The van der Waals surface area contributed by atoms with Gasteiger partial charge in [-0.2, -0.15) is 0 Å². The number of aryl methyl sites for hydroxylation is 1. The second-order valence-corrected chi connectivity index (χ2v) is 5.39. The van der Waals surface area contributed by atoms with E-state index in [2.05, 4.69) is 26.2 Å². The molecule has 1 aliphatic carbocycles. The van der Waals surface area contributed by atoms with Crippen LogP contribution in [0.5, 0.6) is 0 Å². The van der Waals surface area contributed by atoms with Crippen LogP contribution in [0.4, 0.5) is 5.82 Å². The molecule has 1 fully saturated rings. The molecule has 2 atom stereocenters. The summed E-state index contributed by atoms with van der Waals surface area (Å²) < 4.78 is 1.05. The molecule has 1 aromatic rings. The van der Waals surface area contributed by atoms with Crippen LogP contribution < -0.4 is 11.1 Å². The third-order valence-electron chi connectivity index (χ3n) is 3.09. The predicted octanol–water partition coefficient (Wildman–Crippen LogP) is 2.83. The Balaban J connectivity index is 2.00. The van der Waals surface area contributed by atoms with Crippen LogP contribution in [0.25, 0.3) is 0 Å². The second-order valence-electron chi connectivity index (χ2n) is 4.53. The number of pyridine rings is 1. The fourth-order valence-electron chi connectivity index (χ4n) is 2.19. The number of halogens is 1. The summed E-state index contributed by atoms with van der Waals surface area (Å²) in [7, 11) is 0. The highest BCUT2D eigenvalue weighted by molar-refractivity contribution is 9.10. The molecule has 16 heavy (non-hydrogen) atoms. The van der Waals surface area contributed by atoms with Crippen molar-refractivity contribution < 1.29 is 0 Å². The third-order valence-corrected chi connectivity index (χ3v) is 3.93. The first-order valence-electron chi connectivity index (χ1n) is 5.80. The third kappa shape index (κ3) is 2.95. The van der Waals surface area contributed by atoms with Crippen molar-refractivity contribution >= 4 is 21.7 Å². The number of rotatable bonds is 2. The van der Waals surface area contributed by atoms with Crippen molar-refractivity contribution in [3.05, 3.63) is 22.3 Å². The van der Waals surface area contributed by atoms with Crippen LogP contribution in [-0.2, 0) is 0 Å². The minimum absolute atomic E-state index is 0.350. The first kappa shape index (κ1) is 11.9. The molecule has 88 valence electrons. The van der Waals surface area contributed by atoms with Gasteiger partial charge in [-0.3, -0.25) is 0 Å². The van der Waals surface area contributed by atoms with Crippen LogP contribution in [0, 0.1) is 6.92 Å². The Morgan fingerprint density at radius 3 is 2.94 bits per heavy atom. The Morgan fingerprint density at radius 2 is 2.25 bits per heavy atom. The molecule has 1 heterocycles. The van der Waals surface area contributed by atoms with E-state index in [9.17, 15) is 0 Å². The maximum Gasteiger partial charge on any atom is 0.126 e. The lowest BCUT2D eigenvalue weighted by Crippen LogP contribution is -2.35. The van der Waals surface area contributed by atoms with Gasteiger partial charge in [0.1, 0.15) is 5.82 Å². The van der Waals surface area contributed by atoms with Gasteiger partial charge in [-0.05, 0) is 60.7 Å². The van der Waals surface area contributed by atoms with Crippen molar-refractivity contribution in [1.29, 1.82) is 0 Å². The zero-order valence-electron chi connectivity index (χ0n) is 9.54. The van der Waals surface area contributed by atoms with Gasteiger partial charge in [0.25, 0.3) is 0 Å². The molecule has 1 saturated carbocycles. The van der Waals surface area contributed by atoms with E-state index in [1.54, 1.807) is 0 Å². The fraction of sp³-hybridized carbons (Fsp3) is 0.583. The van der Waals surface area contributed by atoms with E-state index in [1.807, 2.05) is 19.1 Å². The molecule has 2 unspecified atom stereocenters. The molecule has 0 aromatic carbocycles. The van der Waals surface area contributed by atoms with Gasteiger partial charge in [0.05, 0.1) is 5.69 Å². The average molecular weight is 284 g/mol. The van der Waals surface area contributed by atoms with E-state index < -0.39 is 0 Å². The Hall–Kier alpha value is -0.610. The number of nitrogens with zero attached hydrogens (tertiary/aromatic N) is 1. The van der Waals surface area contributed by atoms with E-state index >= 15 is 0 Å². The lowest BCUT2D eigenvalue weighted by Gasteiger charge is -2.27. The van der Waals surface area contributed by atoms with Gasteiger partial charge >= 0.3 is 0 Å². The Labute approximate surface area is 105 Å². The molecule has 3 nitrogen and oxygen atoms in total. The van der Waals surface area contributed by atoms with Crippen molar-refractivity contribution in [3.8, 4) is 0 Å². The van der Waals surface area contributed by atoms with Gasteiger partial charge in [-0.1, -0.05) is 0 Å². The first-order chi connectivity index (χ1) is 7.65. The lowest BCUT2D eigenvalue weighted by atomic mass is 9.92. The standard InChI is InChI=1S/C12H18BrN3/c1-8-11(13)5-6-12(15-8)16-10-4-2-3-9(14)7-10/h5-6,9-10H,2-4,7,14H2,1H3,(H,15,16). The van der Waals surface area contributed by atoms with Gasteiger partial charge in [0, 0.05) is 16.6 Å². The molecule has 0 radical (unpaired) electrons. The van der Waals surface area contributed by atoms with Crippen molar-refractivity contribution in [2.24, 2.45) is 5.73 Å². The summed E-state index contributed by atoms with van der Waals surface area (Å²) in [6.07, 6.45) is 4.63. The van der Waals surface area contributed by atoms with Crippen molar-refractivity contribution in [1.82, 2.24) is 4.98 Å². The van der Waals surface area contributed by atoms with Crippen LogP contribution in [0.1, 0.15) is 31.4 Å². The van der Waals surface area contributed by atoms with Crippen LogP contribution in [0.15, 0.2) is 16.6 Å².